The number of amides is 1. The van der Waals surface area contributed by atoms with Crippen LogP contribution in [-0.2, 0) is 33.0 Å². The van der Waals surface area contributed by atoms with Crippen molar-refractivity contribution in [1.82, 2.24) is 25.2 Å². The molecule has 0 saturated heterocycles. The van der Waals surface area contributed by atoms with Crippen molar-refractivity contribution in [1.29, 1.82) is 0 Å². The third-order valence-corrected chi connectivity index (χ3v) is 5.54. The number of hydrogen-bond acceptors (Lipinski definition) is 5. The van der Waals surface area contributed by atoms with E-state index in [1.165, 1.54) is 12.1 Å². The summed E-state index contributed by atoms with van der Waals surface area (Å²) in [5.74, 6) is -0.495. The third-order valence-electron chi connectivity index (χ3n) is 5.54. The maximum absolute atomic E-state index is 13.0. The molecule has 1 atom stereocenters. The largest absolute Gasteiger partial charge is 0.364 e. The van der Waals surface area contributed by atoms with E-state index in [9.17, 15) is 9.18 Å². The fourth-order valence-corrected chi connectivity index (χ4v) is 3.90. The quantitative estimate of drug-likeness (QED) is 0.692. The van der Waals surface area contributed by atoms with Gasteiger partial charge in [-0.25, -0.2) is 4.39 Å². The summed E-state index contributed by atoms with van der Waals surface area (Å²) in [6, 6.07) is 8.27. The van der Waals surface area contributed by atoms with Crippen LogP contribution < -0.4 is 5.32 Å². The second kappa shape index (κ2) is 8.16. The predicted octanol–water partition coefficient (Wildman–Crippen LogP) is 2.47. The Labute approximate surface area is 168 Å². The molecule has 1 aromatic carbocycles. The van der Waals surface area contributed by atoms with Crippen molar-refractivity contribution in [3.63, 3.8) is 0 Å². The van der Waals surface area contributed by atoms with Crippen molar-refractivity contribution in [3.05, 3.63) is 70.6 Å². The van der Waals surface area contributed by atoms with Crippen LogP contribution in [0.3, 0.4) is 0 Å². The van der Waals surface area contributed by atoms with Crippen LogP contribution >= 0.6 is 0 Å². The molecular formula is C21H24FN5O2. The molecule has 1 N–H and O–H groups in total. The van der Waals surface area contributed by atoms with Crippen LogP contribution in [0.5, 0.6) is 0 Å². The maximum Gasteiger partial charge on any atom is 0.272 e. The van der Waals surface area contributed by atoms with Gasteiger partial charge < -0.3 is 9.84 Å². The van der Waals surface area contributed by atoms with Crippen LogP contribution in [0, 0.1) is 5.82 Å². The number of nitrogens with one attached hydrogen (secondary N) is 1. The summed E-state index contributed by atoms with van der Waals surface area (Å²) >= 11 is 0. The Bertz CT molecular complexity index is 981. The predicted molar refractivity (Wildman–Crippen MR) is 105 cm³/mol. The Morgan fingerprint density at radius 2 is 2.14 bits per heavy atom. The molecule has 0 radical (unpaired) electrons. The molecule has 152 valence electrons. The molecule has 0 saturated carbocycles. The number of nitrogens with zero attached hydrogens (tertiary/aromatic N) is 4. The Morgan fingerprint density at radius 3 is 2.86 bits per heavy atom. The average Bonchev–Trinajstić information content (AvgIpc) is 3.35. The number of carbonyl (C=O) groups is 1. The number of rotatable bonds is 6. The molecule has 1 amide bonds. The number of aromatic nitrogens is 3. The maximum atomic E-state index is 13.0. The van der Waals surface area contributed by atoms with Gasteiger partial charge in [-0.2, -0.15) is 5.10 Å². The normalized spacial score (nSPS) is 16.1. The number of benzene rings is 1. The van der Waals surface area contributed by atoms with Crippen molar-refractivity contribution in [3.8, 4) is 0 Å². The summed E-state index contributed by atoms with van der Waals surface area (Å²) in [5, 5.41) is 11.4. The average molecular weight is 397 g/mol. The van der Waals surface area contributed by atoms with Crippen LogP contribution in [0.25, 0.3) is 0 Å². The standard InChI is InChI=1S/C21H24FN5O2/c1-26(13-16-9-10-29-25-16)17-7-8-19-18(11-17)20(24-27(19)2)21(28)23-12-14-3-5-15(22)6-4-14/h3-6,9-10,17H,7-8,11-13H2,1-2H3,(H,23,28). The highest BCUT2D eigenvalue weighted by atomic mass is 19.1. The minimum absolute atomic E-state index is 0.203. The molecule has 4 rings (SSSR count). The van der Waals surface area contributed by atoms with E-state index in [4.69, 9.17) is 4.52 Å². The van der Waals surface area contributed by atoms with Gasteiger partial charge in [-0.05, 0) is 44.0 Å². The van der Waals surface area contributed by atoms with Crippen LogP contribution in [0.1, 0.15) is 39.4 Å². The number of halogens is 1. The lowest BCUT2D eigenvalue weighted by molar-refractivity contribution is 0.0943. The van der Waals surface area contributed by atoms with Crippen molar-refractivity contribution < 1.29 is 13.7 Å². The highest BCUT2D eigenvalue weighted by Crippen LogP contribution is 2.27. The van der Waals surface area contributed by atoms with Gasteiger partial charge in [0.15, 0.2) is 5.69 Å². The fraction of sp³-hybridized carbons (Fsp3) is 0.381. The highest BCUT2D eigenvalue weighted by Gasteiger charge is 2.30. The van der Waals surface area contributed by atoms with E-state index >= 15 is 0 Å². The summed E-state index contributed by atoms with van der Waals surface area (Å²) in [4.78, 5) is 15.1. The number of aryl methyl sites for hydroxylation is 1. The van der Waals surface area contributed by atoms with Gasteiger partial charge in [-0.1, -0.05) is 17.3 Å². The minimum Gasteiger partial charge on any atom is -0.364 e. The summed E-state index contributed by atoms with van der Waals surface area (Å²) < 4.78 is 19.8. The van der Waals surface area contributed by atoms with E-state index in [0.717, 1.165) is 41.8 Å². The minimum atomic E-state index is -0.292. The first-order valence-corrected chi connectivity index (χ1v) is 9.68. The van der Waals surface area contributed by atoms with E-state index in [0.29, 0.717) is 24.8 Å². The molecule has 1 unspecified atom stereocenters. The lowest BCUT2D eigenvalue weighted by Crippen LogP contribution is -2.37. The van der Waals surface area contributed by atoms with Crippen molar-refractivity contribution in [2.75, 3.05) is 7.05 Å². The van der Waals surface area contributed by atoms with Crippen LogP contribution in [-0.4, -0.2) is 38.8 Å². The van der Waals surface area contributed by atoms with E-state index in [-0.39, 0.29) is 11.7 Å². The van der Waals surface area contributed by atoms with Crippen molar-refractivity contribution >= 4 is 5.91 Å². The first-order chi connectivity index (χ1) is 14.0. The third kappa shape index (κ3) is 4.22. The number of fused-ring (bicyclic) bond motifs is 1. The SMILES string of the molecule is CN(Cc1ccon1)C1CCc2c(c(C(=O)NCc3ccc(F)cc3)nn2C)C1. The number of likely N-dealkylation sites (N-methyl/N-ethyl adjacent to an activating group) is 1. The Morgan fingerprint density at radius 1 is 1.34 bits per heavy atom. The molecule has 0 bridgehead atoms. The number of carbonyl (C=O) groups excluding carboxylic acids is 1. The van der Waals surface area contributed by atoms with Gasteiger partial charge in [-0.15, -0.1) is 0 Å². The van der Waals surface area contributed by atoms with Crippen molar-refractivity contribution in [2.45, 2.75) is 38.4 Å². The van der Waals surface area contributed by atoms with Gasteiger partial charge in [0.05, 0.1) is 5.69 Å². The highest BCUT2D eigenvalue weighted by molar-refractivity contribution is 5.94. The molecule has 3 aromatic rings. The molecule has 2 heterocycles. The zero-order valence-corrected chi connectivity index (χ0v) is 16.6. The molecule has 29 heavy (non-hydrogen) atoms. The van der Waals surface area contributed by atoms with Crippen LogP contribution in [0.2, 0.25) is 0 Å². The summed E-state index contributed by atoms with van der Waals surface area (Å²) in [6.07, 6.45) is 4.21. The van der Waals surface area contributed by atoms with Gasteiger partial charge in [0, 0.05) is 43.5 Å². The second-order valence-electron chi connectivity index (χ2n) is 7.51. The molecule has 0 fully saturated rings. The summed E-state index contributed by atoms with van der Waals surface area (Å²) in [5.41, 5.74) is 4.33. The summed E-state index contributed by atoms with van der Waals surface area (Å²) in [6.45, 7) is 1.03. The Balaban J connectivity index is 1.45. The molecule has 0 spiro atoms. The first-order valence-electron chi connectivity index (χ1n) is 9.68. The Hall–Kier alpha value is -3.00. The Kier molecular flexibility index (Phi) is 5.44. The van der Waals surface area contributed by atoms with Gasteiger partial charge in [0.1, 0.15) is 12.1 Å². The van der Waals surface area contributed by atoms with E-state index in [2.05, 4.69) is 27.5 Å². The van der Waals surface area contributed by atoms with E-state index in [1.807, 2.05) is 17.8 Å². The van der Waals surface area contributed by atoms with E-state index in [1.54, 1.807) is 18.4 Å². The molecule has 2 aromatic heterocycles. The van der Waals surface area contributed by atoms with Gasteiger partial charge >= 0.3 is 0 Å². The van der Waals surface area contributed by atoms with Gasteiger partial charge in [0.2, 0.25) is 0 Å². The lowest BCUT2D eigenvalue weighted by atomic mass is 9.90. The summed E-state index contributed by atoms with van der Waals surface area (Å²) in [7, 11) is 3.95. The molecule has 0 aliphatic heterocycles. The van der Waals surface area contributed by atoms with Crippen molar-refractivity contribution in [2.24, 2.45) is 7.05 Å². The van der Waals surface area contributed by atoms with Crippen LogP contribution in [0.15, 0.2) is 41.1 Å². The first kappa shape index (κ1) is 19.3. The zero-order chi connectivity index (χ0) is 20.4. The lowest BCUT2D eigenvalue weighted by Gasteiger charge is -2.31. The molecule has 1 aliphatic carbocycles. The zero-order valence-electron chi connectivity index (χ0n) is 16.6. The van der Waals surface area contributed by atoms with E-state index < -0.39 is 0 Å². The topological polar surface area (TPSA) is 76.2 Å². The fourth-order valence-electron chi connectivity index (χ4n) is 3.90. The van der Waals surface area contributed by atoms with Gasteiger partial charge in [-0.3, -0.25) is 14.4 Å². The second-order valence-corrected chi connectivity index (χ2v) is 7.51. The molecular weight excluding hydrogens is 373 g/mol. The molecule has 7 nitrogen and oxygen atoms in total. The number of hydrogen-bond donors (Lipinski definition) is 1. The monoisotopic (exact) mass is 397 g/mol. The van der Waals surface area contributed by atoms with Gasteiger partial charge in [0.25, 0.3) is 5.91 Å². The van der Waals surface area contributed by atoms with Crippen LogP contribution in [0.4, 0.5) is 4.39 Å². The molecule has 8 heteroatoms. The smallest absolute Gasteiger partial charge is 0.272 e. The molecule has 1 aliphatic rings.